The number of imidazole rings is 1. The molecule has 1 fully saturated rings. The second-order valence-electron chi connectivity index (χ2n) is 7.36. The van der Waals surface area contributed by atoms with Gasteiger partial charge in [0.05, 0.1) is 17.6 Å². The van der Waals surface area contributed by atoms with Crippen molar-refractivity contribution in [1.29, 1.82) is 0 Å². The first-order valence-electron chi connectivity index (χ1n) is 9.12. The third-order valence-electron chi connectivity index (χ3n) is 5.42. The Balaban J connectivity index is 1.64. The van der Waals surface area contributed by atoms with Crippen molar-refractivity contribution in [2.24, 2.45) is 30.7 Å². The van der Waals surface area contributed by atoms with E-state index >= 15 is 0 Å². The maximum atomic E-state index is 6.42. The Morgan fingerprint density at radius 3 is 2.74 bits per heavy atom. The quantitative estimate of drug-likeness (QED) is 0.721. The number of aryl methyl sites for hydroxylation is 4. The van der Waals surface area contributed by atoms with Crippen LogP contribution in [0.25, 0.3) is 11.2 Å². The van der Waals surface area contributed by atoms with E-state index in [4.69, 9.17) is 10.7 Å². The number of nitrogens with two attached hydrogens (primary N) is 1. The van der Waals surface area contributed by atoms with Gasteiger partial charge in [0.25, 0.3) is 0 Å². The molecule has 4 rings (SSSR count). The van der Waals surface area contributed by atoms with Gasteiger partial charge in [0.15, 0.2) is 5.65 Å². The van der Waals surface area contributed by atoms with Crippen molar-refractivity contribution in [2.75, 3.05) is 7.05 Å². The predicted octanol–water partition coefficient (Wildman–Crippen LogP) is 2.38. The molecule has 0 radical (unpaired) electrons. The summed E-state index contributed by atoms with van der Waals surface area (Å²) in [6, 6.07) is 2.03. The summed E-state index contributed by atoms with van der Waals surface area (Å²) in [6.07, 6.45) is 7.02. The van der Waals surface area contributed by atoms with Crippen molar-refractivity contribution < 1.29 is 0 Å². The number of hydrogen-bond acceptors (Lipinski definition) is 5. The van der Waals surface area contributed by atoms with Crippen molar-refractivity contribution >= 4 is 16.9 Å². The van der Waals surface area contributed by atoms with Crippen molar-refractivity contribution in [3.05, 3.63) is 52.9 Å². The Hall–Kier alpha value is -2.96. The number of rotatable bonds is 4. The molecule has 1 aliphatic rings. The monoisotopic (exact) mass is 363 g/mol. The number of aromatic nitrogens is 5. The van der Waals surface area contributed by atoms with E-state index in [1.807, 2.05) is 48.6 Å². The van der Waals surface area contributed by atoms with Crippen molar-refractivity contribution in [3.8, 4) is 0 Å². The number of aliphatic imine (C=N–C) groups is 1. The van der Waals surface area contributed by atoms with Gasteiger partial charge >= 0.3 is 0 Å². The molecule has 0 aliphatic heterocycles. The molecule has 0 bridgehead atoms. The maximum Gasteiger partial charge on any atom is 0.160 e. The smallest absolute Gasteiger partial charge is 0.160 e. The molecule has 2 N–H and O–H groups in total. The average Bonchev–Trinajstić information content (AvgIpc) is 3.25. The Morgan fingerprint density at radius 1 is 1.30 bits per heavy atom. The SMILES string of the molecule is CN=C(/C=C(\N)C1CC1c1cnn(C)c1)c1cc(C)c2nc(C)n(C)c2n1. The number of fused-ring (bicyclic) bond motifs is 1. The van der Waals surface area contributed by atoms with Crippen LogP contribution in [0.15, 0.2) is 35.2 Å². The van der Waals surface area contributed by atoms with Crippen LogP contribution in [0.5, 0.6) is 0 Å². The fraction of sp³-hybridized carbons (Fsp3) is 0.400. The van der Waals surface area contributed by atoms with Crippen LogP contribution in [0, 0.1) is 19.8 Å². The van der Waals surface area contributed by atoms with E-state index < -0.39 is 0 Å². The number of nitrogens with zero attached hydrogens (tertiary/aromatic N) is 6. The van der Waals surface area contributed by atoms with E-state index in [0.717, 1.165) is 46.1 Å². The average molecular weight is 363 g/mol. The van der Waals surface area contributed by atoms with Crippen LogP contribution in [-0.4, -0.2) is 37.1 Å². The molecule has 27 heavy (non-hydrogen) atoms. The van der Waals surface area contributed by atoms with E-state index in [1.165, 1.54) is 5.56 Å². The summed E-state index contributed by atoms with van der Waals surface area (Å²) in [7, 11) is 5.70. The molecule has 7 heteroatoms. The maximum absolute atomic E-state index is 6.42. The third kappa shape index (κ3) is 3.03. The van der Waals surface area contributed by atoms with Crippen LogP contribution < -0.4 is 5.73 Å². The molecule has 2 unspecified atom stereocenters. The van der Waals surface area contributed by atoms with Crippen molar-refractivity contribution in [3.63, 3.8) is 0 Å². The zero-order chi connectivity index (χ0) is 19.3. The van der Waals surface area contributed by atoms with Gasteiger partial charge in [-0.25, -0.2) is 9.97 Å². The van der Waals surface area contributed by atoms with E-state index in [0.29, 0.717) is 11.8 Å². The normalized spacial score (nSPS) is 20.5. The molecule has 2 atom stereocenters. The minimum atomic E-state index is 0.342. The van der Waals surface area contributed by atoms with Gasteiger partial charge in [-0.15, -0.1) is 0 Å². The predicted molar refractivity (Wildman–Crippen MR) is 107 cm³/mol. The molecule has 0 aromatic carbocycles. The van der Waals surface area contributed by atoms with E-state index in [-0.39, 0.29) is 0 Å². The minimum absolute atomic E-state index is 0.342. The second-order valence-corrected chi connectivity index (χ2v) is 7.36. The van der Waals surface area contributed by atoms with E-state index in [1.54, 1.807) is 7.05 Å². The fourth-order valence-corrected chi connectivity index (χ4v) is 3.62. The molecule has 0 spiro atoms. The number of allylic oxidation sites excluding steroid dienone is 2. The summed E-state index contributed by atoms with van der Waals surface area (Å²) in [5.41, 5.74) is 13.0. The van der Waals surface area contributed by atoms with Gasteiger partial charge in [0.1, 0.15) is 11.3 Å². The second kappa shape index (κ2) is 6.33. The van der Waals surface area contributed by atoms with Gasteiger partial charge in [-0.2, -0.15) is 5.10 Å². The zero-order valence-corrected chi connectivity index (χ0v) is 16.4. The lowest BCUT2D eigenvalue weighted by Crippen LogP contribution is -2.09. The standard InChI is InChI=1S/C20H25N7/c1-11-6-18(25-20-19(11)24-12(2)27(20)5)17(22-3)8-16(21)15-7-14(15)13-9-23-26(4)10-13/h6,8-10,14-15H,7,21H2,1-5H3/b16-8-,22-17?. The number of pyridine rings is 1. The van der Waals surface area contributed by atoms with Gasteiger partial charge in [-0.3, -0.25) is 9.67 Å². The third-order valence-corrected chi connectivity index (χ3v) is 5.42. The summed E-state index contributed by atoms with van der Waals surface area (Å²) in [5.74, 6) is 1.74. The zero-order valence-electron chi connectivity index (χ0n) is 16.4. The van der Waals surface area contributed by atoms with Gasteiger partial charge in [-0.05, 0) is 49.5 Å². The molecule has 3 aromatic heterocycles. The first-order valence-corrected chi connectivity index (χ1v) is 9.12. The van der Waals surface area contributed by atoms with Crippen molar-refractivity contribution in [2.45, 2.75) is 26.2 Å². The summed E-state index contributed by atoms with van der Waals surface area (Å²) in [4.78, 5) is 13.8. The lowest BCUT2D eigenvalue weighted by atomic mass is 10.1. The Bertz CT molecular complexity index is 1080. The van der Waals surface area contributed by atoms with Crippen LogP contribution in [0.2, 0.25) is 0 Å². The molecule has 140 valence electrons. The molecule has 1 aliphatic carbocycles. The van der Waals surface area contributed by atoms with E-state index in [2.05, 4.69) is 28.2 Å². The van der Waals surface area contributed by atoms with Gasteiger partial charge in [0.2, 0.25) is 0 Å². The summed E-state index contributed by atoms with van der Waals surface area (Å²) in [5, 5.41) is 4.26. The number of hydrogen-bond donors (Lipinski definition) is 1. The highest BCUT2D eigenvalue weighted by atomic mass is 15.2. The lowest BCUT2D eigenvalue weighted by molar-refractivity contribution is 0.766. The lowest BCUT2D eigenvalue weighted by Gasteiger charge is -2.06. The molecule has 3 aromatic rings. The van der Waals surface area contributed by atoms with E-state index in [9.17, 15) is 0 Å². The summed E-state index contributed by atoms with van der Waals surface area (Å²) < 4.78 is 3.84. The Kier molecular flexibility index (Phi) is 4.09. The van der Waals surface area contributed by atoms with Gasteiger partial charge < -0.3 is 10.3 Å². The minimum Gasteiger partial charge on any atom is -0.402 e. The molecular formula is C20H25N7. The molecule has 3 heterocycles. The van der Waals surface area contributed by atoms with Crippen LogP contribution in [0.4, 0.5) is 0 Å². The highest BCUT2D eigenvalue weighted by molar-refractivity contribution is 6.08. The Labute approximate surface area is 158 Å². The highest BCUT2D eigenvalue weighted by Crippen LogP contribution is 2.50. The molecule has 0 amide bonds. The molecular weight excluding hydrogens is 338 g/mol. The van der Waals surface area contributed by atoms with Crippen LogP contribution in [-0.2, 0) is 14.1 Å². The largest absolute Gasteiger partial charge is 0.402 e. The molecule has 0 saturated heterocycles. The van der Waals surface area contributed by atoms with Crippen molar-refractivity contribution in [1.82, 2.24) is 24.3 Å². The Morgan fingerprint density at radius 2 is 2.07 bits per heavy atom. The van der Waals surface area contributed by atoms with Crippen LogP contribution in [0.3, 0.4) is 0 Å². The first-order chi connectivity index (χ1) is 12.9. The van der Waals surface area contributed by atoms with Crippen LogP contribution in [0.1, 0.15) is 35.0 Å². The highest BCUT2D eigenvalue weighted by Gasteiger charge is 2.41. The molecule has 1 saturated carbocycles. The summed E-state index contributed by atoms with van der Waals surface area (Å²) >= 11 is 0. The van der Waals surface area contributed by atoms with Gasteiger partial charge in [0, 0.05) is 39.0 Å². The first kappa shape index (κ1) is 17.5. The summed E-state index contributed by atoms with van der Waals surface area (Å²) in [6.45, 7) is 4.04. The van der Waals surface area contributed by atoms with Crippen LogP contribution >= 0.6 is 0 Å². The topological polar surface area (TPSA) is 86.9 Å². The van der Waals surface area contributed by atoms with Gasteiger partial charge in [-0.1, -0.05) is 0 Å². The molecule has 7 nitrogen and oxygen atoms in total. The fourth-order valence-electron chi connectivity index (χ4n) is 3.62.